The topological polar surface area (TPSA) is 105 Å². The van der Waals surface area contributed by atoms with Gasteiger partial charge >= 0.3 is 5.97 Å². The van der Waals surface area contributed by atoms with Crippen LogP contribution in [0.3, 0.4) is 0 Å². The van der Waals surface area contributed by atoms with E-state index in [9.17, 15) is 23.2 Å². The lowest BCUT2D eigenvalue weighted by Crippen LogP contribution is -2.35. The maximum absolute atomic E-state index is 14.6. The van der Waals surface area contributed by atoms with Gasteiger partial charge in [-0.05, 0) is 60.6 Å². The van der Waals surface area contributed by atoms with Gasteiger partial charge < -0.3 is 20.5 Å². The molecule has 4 rings (SSSR count). The molecule has 194 valence electrons. The molecule has 0 radical (unpaired) electrons. The van der Waals surface area contributed by atoms with Crippen molar-refractivity contribution in [3.05, 3.63) is 77.4 Å². The van der Waals surface area contributed by atoms with Crippen LogP contribution in [0.2, 0.25) is 0 Å². The number of amides is 2. The summed E-state index contributed by atoms with van der Waals surface area (Å²) in [5.41, 5.74) is 0.0139. The van der Waals surface area contributed by atoms with Crippen LogP contribution in [0.15, 0.2) is 54.6 Å². The fourth-order valence-corrected chi connectivity index (χ4v) is 4.55. The minimum atomic E-state index is -0.923. The van der Waals surface area contributed by atoms with Gasteiger partial charge in [0, 0.05) is 31.1 Å². The van der Waals surface area contributed by atoms with Gasteiger partial charge in [-0.1, -0.05) is 30.3 Å². The van der Waals surface area contributed by atoms with E-state index < -0.39 is 29.1 Å². The molecular weight excluding hydrogens is 482 g/mol. The summed E-state index contributed by atoms with van der Waals surface area (Å²) in [5, 5.41) is 16.0. The smallest absolute Gasteiger partial charge is 0.303 e. The van der Waals surface area contributed by atoms with Crippen LogP contribution in [0.5, 0.6) is 5.75 Å². The van der Waals surface area contributed by atoms with Crippen LogP contribution in [-0.4, -0.2) is 42.1 Å². The zero-order valence-corrected chi connectivity index (χ0v) is 20.1. The van der Waals surface area contributed by atoms with Gasteiger partial charge in [0.05, 0.1) is 11.7 Å². The lowest BCUT2D eigenvalue weighted by atomic mass is 9.85. The Kier molecular flexibility index (Phi) is 8.32. The van der Waals surface area contributed by atoms with Gasteiger partial charge in [-0.3, -0.25) is 14.4 Å². The van der Waals surface area contributed by atoms with Crippen LogP contribution in [-0.2, 0) is 4.79 Å². The molecular formula is C28H28F2N2O5. The number of aliphatic carboxylic acids is 1. The molecule has 37 heavy (non-hydrogen) atoms. The normalized spacial score (nSPS) is 17.2. The number of hydrogen-bond acceptors (Lipinski definition) is 4. The summed E-state index contributed by atoms with van der Waals surface area (Å²) in [7, 11) is 0. The molecule has 3 N–H and O–H groups in total. The summed E-state index contributed by atoms with van der Waals surface area (Å²) in [6, 6.07) is 14.6. The number of rotatable bonds is 9. The number of hydrogen-bond donors (Lipinski definition) is 3. The van der Waals surface area contributed by atoms with E-state index in [1.165, 1.54) is 0 Å². The second-order valence-corrected chi connectivity index (χ2v) is 9.19. The average Bonchev–Trinajstić information content (AvgIpc) is 2.88. The Balaban J connectivity index is 1.26. The summed E-state index contributed by atoms with van der Waals surface area (Å²) < 4.78 is 34.8. The molecule has 0 bridgehead atoms. The zero-order chi connectivity index (χ0) is 26.4. The molecule has 1 saturated carbocycles. The fourth-order valence-electron chi connectivity index (χ4n) is 4.55. The van der Waals surface area contributed by atoms with Crippen LogP contribution in [0.25, 0.3) is 10.8 Å². The Morgan fingerprint density at radius 1 is 0.838 bits per heavy atom. The van der Waals surface area contributed by atoms with Crippen molar-refractivity contribution in [2.24, 2.45) is 5.92 Å². The fraction of sp³-hybridized carbons (Fsp3) is 0.321. The van der Waals surface area contributed by atoms with E-state index in [-0.39, 0.29) is 43.2 Å². The van der Waals surface area contributed by atoms with E-state index in [2.05, 4.69) is 10.6 Å². The van der Waals surface area contributed by atoms with E-state index in [4.69, 9.17) is 9.84 Å². The largest absolute Gasteiger partial charge is 0.487 e. The number of carboxylic acid groups (broad SMARTS) is 1. The molecule has 1 aliphatic carbocycles. The maximum atomic E-state index is 14.6. The monoisotopic (exact) mass is 510 g/mol. The number of halogens is 2. The highest BCUT2D eigenvalue weighted by atomic mass is 19.1. The van der Waals surface area contributed by atoms with Crippen LogP contribution in [0.4, 0.5) is 8.78 Å². The number of ether oxygens (including phenoxy) is 1. The summed E-state index contributed by atoms with van der Waals surface area (Å²) in [4.78, 5) is 35.6. The van der Waals surface area contributed by atoms with Crippen LogP contribution >= 0.6 is 0 Å². The third-order valence-electron chi connectivity index (χ3n) is 6.52. The van der Waals surface area contributed by atoms with Crippen molar-refractivity contribution in [3.8, 4) is 5.75 Å². The highest BCUT2D eigenvalue weighted by Gasteiger charge is 2.26. The van der Waals surface area contributed by atoms with E-state index in [1.807, 2.05) is 30.3 Å². The Bertz CT molecular complexity index is 1300. The van der Waals surface area contributed by atoms with Crippen molar-refractivity contribution in [1.29, 1.82) is 0 Å². The van der Waals surface area contributed by atoms with E-state index in [0.29, 0.717) is 31.2 Å². The molecule has 0 aromatic heterocycles. The van der Waals surface area contributed by atoms with Crippen molar-refractivity contribution in [3.63, 3.8) is 0 Å². The Labute approximate surface area is 212 Å². The summed E-state index contributed by atoms with van der Waals surface area (Å²) in [6.45, 7) is 0.129. The second kappa shape index (κ2) is 11.8. The van der Waals surface area contributed by atoms with E-state index in [1.54, 1.807) is 12.1 Å². The first kappa shape index (κ1) is 26.1. The summed E-state index contributed by atoms with van der Waals surface area (Å²) >= 11 is 0. The highest BCUT2D eigenvalue weighted by Crippen LogP contribution is 2.31. The molecule has 0 spiro atoms. The number of carbonyl (C=O) groups excluding carboxylic acids is 2. The second-order valence-electron chi connectivity index (χ2n) is 9.19. The summed E-state index contributed by atoms with van der Waals surface area (Å²) in [6.07, 6.45) is 2.12. The molecule has 0 aliphatic heterocycles. The number of benzene rings is 3. The number of carboxylic acids is 1. The summed E-state index contributed by atoms with van der Waals surface area (Å²) in [5.74, 6) is -3.97. The predicted octanol–water partition coefficient (Wildman–Crippen LogP) is 4.69. The molecule has 7 nitrogen and oxygen atoms in total. The van der Waals surface area contributed by atoms with Gasteiger partial charge in [0.25, 0.3) is 11.8 Å². The molecule has 1 fully saturated rings. The van der Waals surface area contributed by atoms with E-state index >= 15 is 0 Å². The van der Waals surface area contributed by atoms with E-state index in [0.717, 1.165) is 22.9 Å². The van der Waals surface area contributed by atoms with Gasteiger partial charge in [0.2, 0.25) is 0 Å². The first-order chi connectivity index (χ1) is 17.8. The lowest BCUT2D eigenvalue weighted by Gasteiger charge is -2.28. The number of carbonyl (C=O) groups is 3. The predicted molar refractivity (Wildman–Crippen MR) is 134 cm³/mol. The van der Waals surface area contributed by atoms with Crippen molar-refractivity contribution >= 4 is 28.6 Å². The third-order valence-corrected chi connectivity index (χ3v) is 6.52. The molecule has 1 aliphatic rings. The SMILES string of the molecule is O=C(O)C[C@H]1CC[C@@H](Oc2cc(F)c(C(=O)NCCNC(=O)c3ccc4ccccc4c3)cc2F)CC1. The minimum absolute atomic E-state index is 0.0248. The molecule has 3 aromatic carbocycles. The first-order valence-corrected chi connectivity index (χ1v) is 12.2. The molecule has 2 amide bonds. The standard InChI is InChI=1S/C28H28F2N2O5/c29-23-16-25(37-21-9-5-17(6-10-21)13-26(33)34)24(30)15-22(23)28(36)32-12-11-31-27(35)20-8-7-18-3-1-2-4-19(18)14-20/h1-4,7-8,14-17,21H,5-6,9-13H2,(H,31,35)(H,32,36)(H,33,34)/t17-,21+. The van der Waals surface area contributed by atoms with Gasteiger partial charge in [0.1, 0.15) is 5.82 Å². The van der Waals surface area contributed by atoms with Gasteiger partial charge in [-0.2, -0.15) is 0 Å². The minimum Gasteiger partial charge on any atom is -0.487 e. The zero-order valence-electron chi connectivity index (χ0n) is 20.1. The van der Waals surface area contributed by atoms with Crippen molar-refractivity contribution in [1.82, 2.24) is 10.6 Å². The number of nitrogens with one attached hydrogen (secondary N) is 2. The lowest BCUT2D eigenvalue weighted by molar-refractivity contribution is -0.138. The molecule has 0 atom stereocenters. The van der Waals surface area contributed by atoms with Crippen LogP contribution in [0.1, 0.15) is 52.8 Å². The maximum Gasteiger partial charge on any atom is 0.303 e. The van der Waals surface area contributed by atoms with Crippen LogP contribution in [0, 0.1) is 17.6 Å². The molecule has 0 unspecified atom stereocenters. The average molecular weight is 511 g/mol. The Morgan fingerprint density at radius 2 is 1.51 bits per heavy atom. The molecule has 3 aromatic rings. The third kappa shape index (κ3) is 6.81. The quantitative estimate of drug-likeness (QED) is 0.362. The molecule has 9 heteroatoms. The number of fused-ring (bicyclic) bond motifs is 1. The van der Waals surface area contributed by atoms with Gasteiger partial charge in [-0.25, -0.2) is 8.78 Å². The van der Waals surface area contributed by atoms with Crippen LogP contribution < -0.4 is 15.4 Å². The van der Waals surface area contributed by atoms with Gasteiger partial charge in [-0.15, -0.1) is 0 Å². The van der Waals surface area contributed by atoms with Crippen molar-refractivity contribution in [2.45, 2.75) is 38.2 Å². The molecule has 0 heterocycles. The first-order valence-electron chi connectivity index (χ1n) is 12.2. The molecule has 0 saturated heterocycles. The van der Waals surface area contributed by atoms with Crippen molar-refractivity contribution in [2.75, 3.05) is 13.1 Å². The van der Waals surface area contributed by atoms with Crippen molar-refractivity contribution < 1.29 is 33.0 Å². The highest BCUT2D eigenvalue weighted by molar-refractivity contribution is 5.98. The Hall–Kier alpha value is -4.01. The Morgan fingerprint density at radius 3 is 2.22 bits per heavy atom. The van der Waals surface area contributed by atoms with Gasteiger partial charge in [0.15, 0.2) is 11.6 Å².